The summed E-state index contributed by atoms with van der Waals surface area (Å²) in [6.45, 7) is 2.40. The molecule has 0 radical (unpaired) electrons. The van der Waals surface area contributed by atoms with Gasteiger partial charge in [0.25, 0.3) is 0 Å². The van der Waals surface area contributed by atoms with Gasteiger partial charge in [-0.3, -0.25) is 0 Å². The molecule has 0 atom stereocenters. The Bertz CT molecular complexity index is 1020. The minimum atomic E-state index is -4.60. The Morgan fingerprint density at radius 3 is 2.32 bits per heavy atom. The van der Waals surface area contributed by atoms with Crippen molar-refractivity contribution in [3.63, 3.8) is 0 Å². The van der Waals surface area contributed by atoms with Crippen molar-refractivity contribution in [2.75, 3.05) is 36.0 Å². The van der Waals surface area contributed by atoms with Crippen molar-refractivity contribution in [1.82, 2.24) is 9.97 Å². The van der Waals surface area contributed by atoms with Crippen molar-refractivity contribution >= 4 is 49.9 Å². The molecule has 0 saturated carbocycles. The number of rotatable bonds is 2. The smallest absolute Gasteiger partial charge is 0.368 e. The van der Waals surface area contributed by atoms with Crippen LogP contribution < -0.4 is 9.80 Å². The van der Waals surface area contributed by atoms with Gasteiger partial charge in [-0.05, 0) is 36.4 Å². The van der Waals surface area contributed by atoms with Crippen LogP contribution in [-0.4, -0.2) is 36.1 Å². The van der Waals surface area contributed by atoms with E-state index in [0.717, 1.165) is 10.2 Å². The number of halogens is 5. The lowest BCUT2D eigenvalue weighted by Crippen LogP contribution is -2.47. The summed E-state index contributed by atoms with van der Waals surface area (Å²) in [7, 11) is 0. The average Bonchev–Trinajstić information content (AvgIpc) is 2.66. The van der Waals surface area contributed by atoms with Crippen molar-refractivity contribution in [3.05, 3.63) is 57.8 Å². The van der Waals surface area contributed by atoms with Crippen molar-refractivity contribution < 1.29 is 13.2 Å². The van der Waals surface area contributed by atoms with E-state index in [4.69, 9.17) is 11.6 Å². The highest BCUT2D eigenvalue weighted by atomic mass is 79.9. The van der Waals surface area contributed by atoms with Crippen LogP contribution in [0.4, 0.5) is 24.7 Å². The van der Waals surface area contributed by atoms with Crippen molar-refractivity contribution in [1.29, 1.82) is 0 Å². The molecule has 1 fully saturated rings. The lowest BCUT2D eigenvalue weighted by atomic mass is 10.2. The van der Waals surface area contributed by atoms with E-state index in [-0.39, 0.29) is 5.52 Å². The molecule has 0 aliphatic carbocycles. The van der Waals surface area contributed by atoms with Gasteiger partial charge >= 0.3 is 6.18 Å². The summed E-state index contributed by atoms with van der Waals surface area (Å²) >= 11 is 9.44. The van der Waals surface area contributed by atoms with E-state index < -0.39 is 12.0 Å². The first-order valence-corrected chi connectivity index (χ1v) is 9.78. The van der Waals surface area contributed by atoms with E-state index >= 15 is 0 Å². The van der Waals surface area contributed by atoms with Crippen LogP contribution in [0.1, 0.15) is 5.82 Å². The van der Waals surface area contributed by atoms with Crippen molar-refractivity contribution in [3.8, 4) is 0 Å². The van der Waals surface area contributed by atoms with Gasteiger partial charge in [-0.25, -0.2) is 9.97 Å². The van der Waals surface area contributed by atoms with Crippen LogP contribution in [0.3, 0.4) is 0 Å². The second-order valence-electron chi connectivity index (χ2n) is 6.48. The molecule has 146 valence electrons. The molecule has 3 aromatic rings. The molecular weight excluding hydrogens is 457 g/mol. The predicted octanol–water partition coefficient (Wildman–Crippen LogP) is 5.39. The normalized spacial score (nSPS) is 15.3. The maximum atomic E-state index is 13.3. The minimum Gasteiger partial charge on any atom is -0.368 e. The van der Waals surface area contributed by atoms with E-state index in [1.54, 1.807) is 18.2 Å². The van der Waals surface area contributed by atoms with Gasteiger partial charge < -0.3 is 9.80 Å². The topological polar surface area (TPSA) is 32.3 Å². The highest BCUT2D eigenvalue weighted by Crippen LogP contribution is 2.33. The van der Waals surface area contributed by atoms with Crippen LogP contribution in [0.25, 0.3) is 10.9 Å². The van der Waals surface area contributed by atoms with Gasteiger partial charge in [0.2, 0.25) is 5.82 Å². The first-order valence-electron chi connectivity index (χ1n) is 8.61. The zero-order valence-corrected chi connectivity index (χ0v) is 16.9. The van der Waals surface area contributed by atoms with Crippen LogP contribution >= 0.6 is 27.5 Å². The molecule has 4 rings (SSSR count). The number of nitrogens with zero attached hydrogens (tertiary/aromatic N) is 4. The first-order chi connectivity index (χ1) is 13.3. The standard InChI is InChI=1S/C19H15BrClF3N4/c20-12-4-5-16-15(10-12)17(26-18(25-16)19(22,23)24)28-8-6-27(7-9-28)14-3-1-2-13(21)11-14/h1-5,10-11H,6-9H2. The summed E-state index contributed by atoms with van der Waals surface area (Å²) in [4.78, 5) is 11.6. The Balaban J connectivity index is 1.66. The van der Waals surface area contributed by atoms with E-state index in [1.807, 2.05) is 29.2 Å². The van der Waals surface area contributed by atoms with Gasteiger partial charge in [-0.15, -0.1) is 0 Å². The van der Waals surface area contributed by atoms with Crippen LogP contribution in [0.2, 0.25) is 5.02 Å². The Kier molecular flexibility index (Phi) is 5.09. The monoisotopic (exact) mass is 470 g/mol. The van der Waals surface area contributed by atoms with Gasteiger partial charge in [0.1, 0.15) is 5.82 Å². The Labute approximate surface area is 173 Å². The van der Waals surface area contributed by atoms with Gasteiger partial charge in [-0.1, -0.05) is 33.6 Å². The highest BCUT2D eigenvalue weighted by molar-refractivity contribution is 9.10. The van der Waals surface area contributed by atoms with Gasteiger partial charge in [0.05, 0.1) is 5.52 Å². The van der Waals surface area contributed by atoms with Gasteiger partial charge in [0.15, 0.2) is 0 Å². The molecule has 0 N–H and O–H groups in total. The fraction of sp³-hybridized carbons (Fsp3) is 0.263. The number of benzene rings is 2. The molecular formula is C19H15BrClF3N4. The maximum absolute atomic E-state index is 13.3. The molecule has 2 aromatic carbocycles. The highest BCUT2D eigenvalue weighted by Gasteiger charge is 2.36. The van der Waals surface area contributed by atoms with E-state index in [9.17, 15) is 13.2 Å². The molecule has 1 saturated heterocycles. The second-order valence-corrected chi connectivity index (χ2v) is 7.84. The molecule has 1 aliphatic heterocycles. The number of aromatic nitrogens is 2. The van der Waals surface area contributed by atoms with E-state index in [0.29, 0.717) is 42.4 Å². The van der Waals surface area contributed by atoms with E-state index in [2.05, 4.69) is 30.8 Å². The Hall–Kier alpha value is -2.06. The molecule has 0 spiro atoms. The third kappa shape index (κ3) is 3.89. The van der Waals surface area contributed by atoms with Gasteiger partial charge in [0, 0.05) is 46.7 Å². The molecule has 4 nitrogen and oxygen atoms in total. The van der Waals surface area contributed by atoms with E-state index in [1.165, 1.54) is 0 Å². The number of piperazine rings is 1. The van der Waals surface area contributed by atoms with Crippen LogP contribution in [-0.2, 0) is 6.18 Å². The summed E-state index contributed by atoms with van der Waals surface area (Å²) in [5, 5.41) is 1.25. The summed E-state index contributed by atoms with van der Waals surface area (Å²) in [5.41, 5.74) is 1.27. The predicted molar refractivity (Wildman–Crippen MR) is 108 cm³/mol. The number of hydrogen-bond acceptors (Lipinski definition) is 4. The van der Waals surface area contributed by atoms with Gasteiger partial charge in [-0.2, -0.15) is 13.2 Å². The molecule has 0 unspecified atom stereocenters. The summed E-state index contributed by atoms with van der Waals surface area (Å²) in [6.07, 6.45) is -4.60. The molecule has 28 heavy (non-hydrogen) atoms. The van der Waals surface area contributed by atoms with Crippen molar-refractivity contribution in [2.24, 2.45) is 0 Å². The lowest BCUT2D eigenvalue weighted by Gasteiger charge is -2.37. The summed E-state index contributed by atoms with van der Waals surface area (Å²) in [5.74, 6) is -0.807. The molecule has 0 amide bonds. The molecule has 2 heterocycles. The minimum absolute atomic E-state index is 0.276. The largest absolute Gasteiger partial charge is 0.451 e. The Morgan fingerprint density at radius 1 is 0.929 bits per heavy atom. The number of fused-ring (bicyclic) bond motifs is 1. The third-order valence-electron chi connectivity index (χ3n) is 4.64. The molecule has 1 aromatic heterocycles. The molecule has 1 aliphatic rings. The maximum Gasteiger partial charge on any atom is 0.451 e. The number of anilines is 2. The third-order valence-corrected chi connectivity index (χ3v) is 5.37. The fourth-order valence-corrected chi connectivity index (χ4v) is 3.85. The number of alkyl halides is 3. The summed E-state index contributed by atoms with van der Waals surface area (Å²) < 4.78 is 40.6. The average molecular weight is 472 g/mol. The van der Waals surface area contributed by atoms with Crippen LogP contribution in [0, 0.1) is 0 Å². The van der Waals surface area contributed by atoms with Crippen LogP contribution in [0.15, 0.2) is 46.9 Å². The van der Waals surface area contributed by atoms with Crippen LogP contribution in [0.5, 0.6) is 0 Å². The molecule has 0 bridgehead atoms. The molecule has 9 heteroatoms. The second kappa shape index (κ2) is 7.40. The lowest BCUT2D eigenvalue weighted by molar-refractivity contribution is -0.144. The van der Waals surface area contributed by atoms with Crippen molar-refractivity contribution in [2.45, 2.75) is 6.18 Å². The first kappa shape index (κ1) is 19.3. The Morgan fingerprint density at radius 2 is 1.64 bits per heavy atom. The SMILES string of the molecule is FC(F)(F)c1nc(N2CCN(c3cccc(Cl)c3)CC2)c2cc(Br)ccc2n1. The quantitative estimate of drug-likeness (QED) is 0.502. The number of hydrogen-bond donors (Lipinski definition) is 0. The zero-order valence-electron chi connectivity index (χ0n) is 14.5. The summed E-state index contributed by atoms with van der Waals surface area (Å²) in [6, 6.07) is 12.6. The zero-order chi connectivity index (χ0) is 19.9. The fourth-order valence-electron chi connectivity index (χ4n) is 3.30.